The summed E-state index contributed by atoms with van der Waals surface area (Å²) in [6.45, 7) is 2.07. The second kappa shape index (κ2) is 4.94. The molecule has 1 heterocycles. The molecular weight excluding hydrogens is 250 g/mol. The zero-order valence-electron chi connectivity index (χ0n) is 10.2. The topological polar surface area (TPSA) is 56.1 Å². The number of aryl methyl sites for hydroxylation is 1. The average molecular weight is 265 g/mol. The zero-order valence-corrected chi connectivity index (χ0v) is 11.0. The van der Waals surface area contributed by atoms with Gasteiger partial charge in [0.15, 0.2) is 16.1 Å². The lowest BCUT2D eigenvalue weighted by molar-refractivity contribution is 0.112. The predicted molar refractivity (Wildman–Crippen MR) is 71.7 cm³/mol. The van der Waals surface area contributed by atoms with E-state index in [1.54, 1.807) is 19.1 Å². The lowest BCUT2D eigenvalue weighted by Gasteiger charge is -2.05. The quantitative estimate of drug-likeness (QED) is 0.776. The molecule has 0 N–H and O–H groups in total. The van der Waals surface area contributed by atoms with Gasteiger partial charge in [0.1, 0.15) is 0 Å². The fraction of sp³-hybridized carbons (Fsp3) is 0.308. The smallest absolute Gasteiger partial charge is 0.151 e. The van der Waals surface area contributed by atoms with Crippen molar-refractivity contribution in [3.63, 3.8) is 0 Å². The molecule has 1 aromatic heterocycles. The monoisotopic (exact) mass is 265 g/mol. The van der Waals surface area contributed by atoms with Crippen molar-refractivity contribution in [2.24, 2.45) is 0 Å². The van der Waals surface area contributed by atoms with Crippen molar-refractivity contribution >= 4 is 27.0 Å². The second-order valence-electron chi connectivity index (χ2n) is 4.14. The number of aldehydes is 1. The van der Waals surface area contributed by atoms with E-state index in [1.807, 2.05) is 22.9 Å². The molecule has 0 bridgehead atoms. The van der Waals surface area contributed by atoms with Gasteiger partial charge in [-0.05, 0) is 12.1 Å². The first-order chi connectivity index (χ1) is 8.57. The maximum Gasteiger partial charge on any atom is 0.151 e. The first-order valence-electron chi connectivity index (χ1n) is 5.81. The van der Waals surface area contributed by atoms with Crippen LogP contribution in [0.5, 0.6) is 0 Å². The van der Waals surface area contributed by atoms with Crippen LogP contribution in [-0.4, -0.2) is 30.8 Å². The molecule has 96 valence electrons. The Kier molecular flexibility index (Phi) is 3.52. The summed E-state index contributed by atoms with van der Waals surface area (Å²) in [5.41, 5.74) is 1.52. The number of hydrogen-bond acceptors (Lipinski definition) is 3. The van der Waals surface area contributed by atoms with Gasteiger partial charge in [-0.15, -0.1) is 0 Å². The SMILES string of the molecule is CCS(=O)(=O)CCn1ccc2c(C=O)cccc21. The molecule has 0 spiro atoms. The van der Waals surface area contributed by atoms with E-state index in [-0.39, 0.29) is 11.5 Å². The zero-order chi connectivity index (χ0) is 13.2. The number of sulfone groups is 1. The van der Waals surface area contributed by atoms with Crippen LogP contribution in [0.25, 0.3) is 10.9 Å². The highest BCUT2D eigenvalue weighted by Gasteiger charge is 2.09. The summed E-state index contributed by atoms with van der Waals surface area (Å²) in [6, 6.07) is 7.29. The van der Waals surface area contributed by atoms with Crippen LogP contribution in [0.1, 0.15) is 17.3 Å². The van der Waals surface area contributed by atoms with Crippen LogP contribution in [-0.2, 0) is 16.4 Å². The minimum absolute atomic E-state index is 0.124. The number of benzene rings is 1. The maximum atomic E-state index is 11.5. The average Bonchev–Trinajstić information content (AvgIpc) is 2.79. The molecule has 0 atom stereocenters. The van der Waals surface area contributed by atoms with E-state index in [0.717, 1.165) is 17.2 Å². The summed E-state index contributed by atoms with van der Waals surface area (Å²) >= 11 is 0. The molecule has 0 aliphatic heterocycles. The van der Waals surface area contributed by atoms with E-state index in [4.69, 9.17) is 0 Å². The Balaban J connectivity index is 2.33. The number of carbonyl (C=O) groups excluding carboxylic acids is 1. The Morgan fingerprint density at radius 1 is 1.28 bits per heavy atom. The van der Waals surface area contributed by atoms with Crippen molar-refractivity contribution in [1.29, 1.82) is 0 Å². The summed E-state index contributed by atoms with van der Waals surface area (Å²) in [4.78, 5) is 10.9. The lowest BCUT2D eigenvalue weighted by atomic mass is 10.1. The van der Waals surface area contributed by atoms with E-state index >= 15 is 0 Å². The highest BCUT2D eigenvalue weighted by atomic mass is 32.2. The van der Waals surface area contributed by atoms with Crippen LogP contribution in [0.2, 0.25) is 0 Å². The number of nitrogens with zero attached hydrogens (tertiary/aromatic N) is 1. The normalized spacial score (nSPS) is 11.8. The molecule has 0 saturated carbocycles. The molecule has 18 heavy (non-hydrogen) atoms. The molecule has 2 rings (SSSR count). The van der Waals surface area contributed by atoms with Gasteiger partial charge in [-0.3, -0.25) is 4.79 Å². The molecule has 0 fully saturated rings. The van der Waals surface area contributed by atoms with Gasteiger partial charge in [0.2, 0.25) is 0 Å². The Hall–Kier alpha value is -1.62. The Morgan fingerprint density at radius 2 is 2.06 bits per heavy atom. The van der Waals surface area contributed by atoms with Gasteiger partial charge in [-0.1, -0.05) is 19.1 Å². The minimum Gasteiger partial charge on any atom is -0.346 e. The third kappa shape index (κ3) is 2.46. The van der Waals surface area contributed by atoms with E-state index in [2.05, 4.69) is 0 Å². The number of hydrogen-bond donors (Lipinski definition) is 0. The molecule has 2 aromatic rings. The van der Waals surface area contributed by atoms with Crippen LogP contribution >= 0.6 is 0 Å². The molecule has 0 saturated heterocycles. The summed E-state index contributed by atoms with van der Waals surface area (Å²) < 4.78 is 24.8. The minimum atomic E-state index is -2.97. The van der Waals surface area contributed by atoms with E-state index in [9.17, 15) is 13.2 Å². The molecule has 0 radical (unpaired) electrons. The molecule has 0 amide bonds. The van der Waals surface area contributed by atoms with Crippen LogP contribution in [0, 0.1) is 0 Å². The van der Waals surface area contributed by atoms with Gasteiger partial charge in [0.05, 0.1) is 5.75 Å². The van der Waals surface area contributed by atoms with E-state index in [0.29, 0.717) is 12.1 Å². The maximum absolute atomic E-state index is 11.5. The second-order valence-corrected chi connectivity index (χ2v) is 6.62. The fourth-order valence-corrected chi connectivity index (χ4v) is 2.69. The molecule has 1 aromatic carbocycles. The van der Waals surface area contributed by atoms with Crippen molar-refractivity contribution in [3.8, 4) is 0 Å². The lowest BCUT2D eigenvalue weighted by Crippen LogP contribution is -2.14. The van der Waals surface area contributed by atoms with Crippen LogP contribution < -0.4 is 0 Å². The molecule has 0 aliphatic carbocycles. The third-order valence-corrected chi connectivity index (χ3v) is 4.74. The van der Waals surface area contributed by atoms with Crippen molar-refractivity contribution in [3.05, 3.63) is 36.0 Å². The number of fused-ring (bicyclic) bond motifs is 1. The van der Waals surface area contributed by atoms with Gasteiger partial charge in [0.25, 0.3) is 0 Å². The summed E-state index contributed by atoms with van der Waals surface area (Å²) in [5.74, 6) is 0.282. The first kappa shape index (κ1) is 12.8. The first-order valence-corrected chi connectivity index (χ1v) is 7.63. The number of carbonyl (C=O) groups is 1. The van der Waals surface area contributed by atoms with Gasteiger partial charge >= 0.3 is 0 Å². The highest BCUT2D eigenvalue weighted by molar-refractivity contribution is 7.91. The summed E-state index contributed by atoms with van der Waals surface area (Å²) in [5, 5.41) is 0.862. The van der Waals surface area contributed by atoms with E-state index in [1.165, 1.54) is 0 Å². The van der Waals surface area contributed by atoms with Crippen molar-refractivity contribution in [2.75, 3.05) is 11.5 Å². The molecular formula is C13H15NO3S. The highest BCUT2D eigenvalue weighted by Crippen LogP contribution is 2.19. The van der Waals surface area contributed by atoms with Gasteiger partial charge in [-0.25, -0.2) is 8.42 Å². The fourth-order valence-electron chi connectivity index (χ4n) is 1.93. The molecule has 5 heteroatoms. The van der Waals surface area contributed by atoms with Crippen LogP contribution in [0.4, 0.5) is 0 Å². The Bertz CT molecular complexity index is 671. The van der Waals surface area contributed by atoms with Gasteiger partial charge < -0.3 is 4.57 Å². The van der Waals surface area contributed by atoms with Crippen molar-refractivity contribution < 1.29 is 13.2 Å². The molecule has 0 unspecified atom stereocenters. The van der Waals surface area contributed by atoms with Gasteiger partial charge in [-0.2, -0.15) is 0 Å². The van der Waals surface area contributed by atoms with Crippen LogP contribution in [0.15, 0.2) is 30.5 Å². The van der Waals surface area contributed by atoms with E-state index < -0.39 is 9.84 Å². The van der Waals surface area contributed by atoms with Crippen molar-refractivity contribution in [2.45, 2.75) is 13.5 Å². The summed E-state index contributed by atoms with van der Waals surface area (Å²) in [6.07, 6.45) is 2.64. The van der Waals surface area contributed by atoms with Crippen molar-refractivity contribution in [1.82, 2.24) is 4.57 Å². The summed E-state index contributed by atoms with van der Waals surface area (Å²) in [7, 11) is -2.97. The molecule has 0 aliphatic rings. The Morgan fingerprint density at radius 3 is 2.72 bits per heavy atom. The third-order valence-electron chi connectivity index (χ3n) is 3.06. The number of aromatic nitrogens is 1. The largest absolute Gasteiger partial charge is 0.346 e. The van der Waals surface area contributed by atoms with Gasteiger partial charge in [0, 0.05) is 35.0 Å². The Labute approximate surface area is 106 Å². The molecule has 4 nitrogen and oxygen atoms in total. The van der Waals surface area contributed by atoms with Crippen LogP contribution in [0.3, 0.4) is 0 Å². The predicted octanol–water partition coefficient (Wildman–Crippen LogP) is 1.89. The standard InChI is InChI=1S/C13H15NO3S/c1-2-18(16,17)9-8-14-7-6-12-11(10-15)4-3-5-13(12)14/h3-7,10H,2,8-9H2,1H3. The number of rotatable bonds is 5.